The number of carbonyl (C=O) groups excluding carboxylic acids is 1. The van der Waals surface area contributed by atoms with Gasteiger partial charge < -0.3 is 4.74 Å². The number of carbonyl (C=O) groups is 1. The molecule has 0 spiro atoms. The van der Waals surface area contributed by atoms with Crippen molar-refractivity contribution in [2.45, 2.75) is 11.8 Å². The molecule has 0 amide bonds. The van der Waals surface area contributed by atoms with Crippen molar-refractivity contribution in [1.82, 2.24) is 0 Å². The third-order valence-electron chi connectivity index (χ3n) is 2.99. The fourth-order valence-electron chi connectivity index (χ4n) is 1.89. The minimum atomic E-state index is -3.99. The number of hydrogen-bond donors (Lipinski definition) is 1. The van der Waals surface area contributed by atoms with Gasteiger partial charge in [0.05, 0.1) is 17.7 Å². The number of benzene rings is 2. The van der Waals surface area contributed by atoms with Crippen LogP contribution in [0.3, 0.4) is 0 Å². The van der Waals surface area contributed by atoms with Crippen LogP contribution in [0.2, 0.25) is 0 Å². The van der Waals surface area contributed by atoms with E-state index >= 15 is 0 Å². The zero-order chi connectivity index (χ0) is 16.9. The molecule has 0 fully saturated rings. The van der Waals surface area contributed by atoms with Gasteiger partial charge in [-0.3, -0.25) is 10.2 Å². The molecule has 0 aliphatic carbocycles. The molecule has 0 bridgehead atoms. The monoisotopic (exact) mass is 332 g/mol. The van der Waals surface area contributed by atoms with E-state index in [2.05, 4.69) is 10.5 Å². The van der Waals surface area contributed by atoms with Gasteiger partial charge in [-0.15, -0.1) is 0 Å². The highest BCUT2D eigenvalue weighted by Gasteiger charge is 2.26. The molecule has 0 saturated carbocycles. The molecule has 1 N–H and O–H groups in total. The summed E-state index contributed by atoms with van der Waals surface area (Å²) in [6.45, 7) is 1.16. The van der Waals surface area contributed by atoms with Gasteiger partial charge in [-0.1, -0.05) is 30.3 Å². The molecule has 0 aromatic heterocycles. The highest BCUT2D eigenvalue weighted by atomic mass is 32.2. The number of nitrogens with zero attached hydrogens (tertiary/aromatic N) is 1. The maximum atomic E-state index is 12.5. The van der Waals surface area contributed by atoms with Crippen molar-refractivity contribution in [3.05, 3.63) is 54.6 Å². The second-order valence-corrected chi connectivity index (χ2v) is 6.47. The van der Waals surface area contributed by atoms with E-state index in [-0.39, 0.29) is 4.90 Å². The van der Waals surface area contributed by atoms with Crippen LogP contribution in [0.1, 0.15) is 6.92 Å². The number of ketones is 1. The van der Waals surface area contributed by atoms with E-state index < -0.39 is 20.7 Å². The standard InChI is InChI=1S/C16H16N2O4S/c1-12(19)16(23(20,21)13-8-4-3-5-9-13)18-17-14-10-6-7-11-15(14)22-2/h3-11,17H,1-2H3. The molecule has 23 heavy (non-hydrogen) atoms. The van der Waals surface area contributed by atoms with Crippen molar-refractivity contribution in [3.8, 4) is 5.75 Å². The Kier molecular flexibility index (Phi) is 5.13. The predicted octanol–water partition coefficient (Wildman–Crippen LogP) is 2.48. The lowest BCUT2D eigenvalue weighted by Gasteiger charge is -2.09. The third kappa shape index (κ3) is 3.75. The molecule has 6 nitrogen and oxygen atoms in total. The summed E-state index contributed by atoms with van der Waals surface area (Å²) in [5.41, 5.74) is 3.04. The molecule has 7 heteroatoms. The van der Waals surface area contributed by atoms with E-state index in [0.717, 1.165) is 6.92 Å². The van der Waals surface area contributed by atoms with E-state index in [1.54, 1.807) is 42.5 Å². The minimum absolute atomic E-state index is 0.00998. The lowest BCUT2D eigenvalue weighted by atomic mass is 10.3. The van der Waals surface area contributed by atoms with Gasteiger partial charge in [-0.05, 0) is 24.3 Å². The molecule has 0 radical (unpaired) electrons. The normalized spacial score (nSPS) is 11.8. The molecule has 2 rings (SSSR count). The van der Waals surface area contributed by atoms with Crippen LogP contribution in [0.25, 0.3) is 0 Å². The molecule has 0 aliphatic heterocycles. The number of sulfone groups is 1. The largest absolute Gasteiger partial charge is 0.495 e. The van der Waals surface area contributed by atoms with E-state index in [1.807, 2.05) is 0 Å². The first-order valence-corrected chi connectivity index (χ1v) is 8.23. The Morgan fingerprint density at radius 3 is 2.26 bits per heavy atom. The second kappa shape index (κ2) is 7.06. The molecule has 0 aliphatic rings. The highest BCUT2D eigenvalue weighted by Crippen LogP contribution is 2.23. The van der Waals surface area contributed by atoms with Crippen molar-refractivity contribution in [3.63, 3.8) is 0 Å². The molecule has 0 unspecified atom stereocenters. The summed E-state index contributed by atoms with van der Waals surface area (Å²) in [5, 5.41) is 3.24. The van der Waals surface area contributed by atoms with Gasteiger partial charge >= 0.3 is 0 Å². The van der Waals surface area contributed by atoms with E-state index in [0.29, 0.717) is 11.4 Å². The summed E-state index contributed by atoms with van der Waals surface area (Å²) >= 11 is 0. The van der Waals surface area contributed by atoms with Crippen molar-refractivity contribution >= 4 is 26.4 Å². The fraction of sp³-hybridized carbons (Fsp3) is 0.125. The highest BCUT2D eigenvalue weighted by molar-refractivity contribution is 8.08. The summed E-state index contributed by atoms with van der Waals surface area (Å²) in [4.78, 5) is 11.8. The zero-order valence-electron chi connectivity index (χ0n) is 12.7. The maximum absolute atomic E-state index is 12.5. The van der Waals surface area contributed by atoms with Crippen LogP contribution in [-0.2, 0) is 14.6 Å². The van der Waals surface area contributed by atoms with Gasteiger partial charge in [0, 0.05) is 6.92 Å². The average molecular weight is 332 g/mol. The fourth-order valence-corrected chi connectivity index (χ4v) is 3.17. The minimum Gasteiger partial charge on any atom is -0.495 e. The Balaban J connectivity index is 2.41. The number of nitrogens with one attached hydrogen (secondary N) is 1. The SMILES string of the molecule is COc1ccccc1NN=C(C(C)=O)S(=O)(=O)c1ccccc1. The summed E-state index contributed by atoms with van der Waals surface area (Å²) < 4.78 is 30.2. The third-order valence-corrected chi connectivity index (χ3v) is 4.77. The molecule has 120 valence electrons. The number of ether oxygens (including phenoxy) is 1. The van der Waals surface area contributed by atoms with Gasteiger partial charge in [-0.25, -0.2) is 8.42 Å². The van der Waals surface area contributed by atoms with E-state index in [4.69, 9.17) is 4.74 Å². The van der Waals surface area contributed by atoms with Crippen LogP contribution >= 0.6 is 0 Å². The second-order valence-electron chi connectivity index (χ2n) is 4.60. The number of hydrazone groups is 1. The number of anilines is 1. The van der Waals surface area contributed by atoms with Crippen LogP contribution in [0.15, 0.2) is 64.6 Å². The van der Waals surface area contributed by atoms with Crippen LogP contribution < -0.4 is 10.2 Å². The first-order chi connectivity index (χ1) is 11.0. The molecule has 2 aromatic rings. The lowest BCUT2D eigenvalue weighted by molar-refractivity contribution is -0.110. The number of hydrogen-bond acceptors (Lipinski definition) is 6. The summed E-state index contributed by atoms with van der Waals surface area (Å²) in [5.74, 6) is -0.174. The molecular weight excluding hydrogens is 316 g/mol. The van der Waals surface area contributed by atoms with Crippen molar-refractivity contribution < 1.29 is 17.9 Å². The predicted molar refractivity (Wildman–Crippen MR) is 88.4 cm³/mol. The van der Waals surface area contributed by atoms with Gasteiger partial charge in [0.1, 0.15) is 5.75 Å². The topological polar surface area (TPSA) is 84.8 Å². The van der Waals surface area contributed by atoms with Crippen LogP contribution in [0.5, 0.6) is 5.75 Å². The van der Waals surface area contributed by atoms with Crippen LogP contribution in [0, 0.1) is 0 Å². The first-order valence-electron chi connectivity index (χ1n) is 6.74. The van der Waals surface area contributed by atoms with Crippen LogP contribution in [0.4, 0.5) is 5.69 Å². The molecule has 0 atom stereocenters. The number of methoxy groups -OCH3 is 1. The summed E-state index contributed by atoms with van der Waals surface area (Å²) in [6.07, 6.45) is 0. The van der Waals surface area contributed by atoms with E-state index in [1.165, 1.54) is 19.2 Å². The van der Waals surface area contributed by atoms with Gasteiger partial charge in [0.15, 0.2) is 5.78 Å². The van der Waals surface area contributed by atoms with Gasteiger partial charge in [-0.2, -0.15) is 5.10 Å². The van der Waals surface area contributed by atoms with Crippen molar-refractivity contribution in [2.75, 3.05) is 12.5 Å². The van der Waals surface area contributed by atoms with Gasteiger partial charge in [0.2, 0.25) is 14.9 Å². The number of para-hydroxylation sites is 2. The Bertz CT molecular complexity index is 830. The van der Waals surface area contributed by atoms with Crippen molar-refractivity contribution in [1.29, 1.82) is 0 Å². The van der Waals surface area contributed by atoms with Crippen molar-refractivity contribution in [2.24, 2.45) is 5.10 Å². The Morgan fingerprint density at radius 2 is 1.65 bits per heavy atom. The van der Waals surface area contributed by atoms with E-state index in [9.17, 15) is 13.2 Å². The molecule has 2 aromatic carbocycles. The Morgan fingerprint density at radius 1 is 1.04 bits per heavy atom. The molecule has 0 saturated heterocycles. The lowest BCUT2D eigenvalue weighted by Crippen LogP contribution is -2.24. The first kappa shape index (κ1) is 16.7. The number of rotatable bonds is 5. The summed E-state index contributed by atoms with van der Waals surface area (Å²) in [6, 6.07) is 14.5. The molecule has 0 heterocycles. The number of Topliss-reactive ketones (excluding diaryl/α,β-unsaturated/α-hetero) is 1. The zero-order valence-corrected chi connectivity index (χ0v) is 13.5. The smallest absolute Gasteiger partial charge is 0.229 e. The molecular formula is C16H16N2O4S. The maximum Gasteiger partial charge on any atom is 0.229 e. The average Bonchev–Trinajstić information content (AvgIpc) is 2.55. The van der Waals surface area contributed by atoms with Gasteiger partial charge in [0.25, 0.3) is 0 Å². The van der Waals surface area contributed by atoms with Crippen LogP contribution in [-0.4, -0.2) is 26.4 Å². The Labute approximate surface area is 134 Å². The quantitative estimate of drug-likeness (QED) is 0.516. The Hall–Kier alpha value is -2.67. The summed E-state index contributed by atoms with van der Waals surface area (Å²) in [7, 11) is -2.51.